The molecule has 0 aliphatic heterocycles. The molecule has 7 nitrogen and oxygen atoms in total. The molecule has 1 atom stereocenters. The zero-order valence-electron chi connectivity index (χ0n) is 10.1. The number of hydrogen-bond acceptors (Lipinski definition) is 6. The van der Waals surface area contributed by atoms with E-state index in [2.05, 4.69) is 20.6 Å². The van der Waals surface area contributed by atoms with Gasteiger partial charge < -0.3 is 20.8 Å². The van der Waals surface area contributed by atoms with E-state index < -0.39 is 24.5 Å². The van der Waals surface area contributed by atoms with Crippen molar-refractivity contribution >= 4 is 5.84 Å². The van der Waals surface area contributed by atoms with E-state index in [0.29, 0.717) is 18.1 Å². The Morgan fingerprint density at radius 3 is 2.74 bits per heavy atom. The van der Waals surface area contributed by atoms with Crippen molar-refractivity contribution in [2.45, 2.75) is 19.5 Å². The lowest BCUT2D eigenvalue weighted by Crippen LogP contribution is -2.43. The number of nitrogens with zero attached hydrogens (tertiary/aromatic N) is 3. The summed E-state index contributed by atoms with van der Waals surface area (Å²) in [5, 5.41) is 16.8. The maximum atomic E-state index is 12.6. The van der Waals surface area contributed by atoms with E-state index in [1.807, 2.05) is 0 Å². The van der Waals surface area contributed by atoms with Crippen molar-refractivity contribution in [2.75, 3.05) is 13.1 Å². The fourth-order valence-corrected chi connectivity index (χ4v) is 1.35. The van der Waals surface area contributed by atoms with E-state index in [4.69, 9.17) is 15.5 Å². The summed E-state index contributed by atoms with van der Waals surface area (Å²) < 4.78 is 42.4. The third-order valence-electron chi connectivity index (χ3n) is 2.31. The number of nitrogens with two attached hydrogens (primary N) is 1. The summed E-state index contributed by atoms with van der Waals surface area (Å²) >= 11 is 0. The Bertz CT molecular complexity index is 432. The van der Waals surface area contributed by atoms with E-state index >= 15 is 0 Å². The number of hydrogen-bond donors (Lipinski definition) is 3. The first kappa shape index (κ1) is 15.2. The smallest absolute Gasteiger partial charge is 0.400 e. The second-order valence-electron chi connectivity index (χ2n) is 3.80. The molecule has 0 saturated carbocycles. The Morgan fingerprint density at radius 2 is 2.26 bits per heavy atom. The van der Waals surface area contributed by atoms with Gasteiger partial charge in [0.25, 0.3) is 0 Å². The van der Waals surface area contributed by atoms with Gasteiger partial charge in [-0.15, -0.1) is 0 Å². The highest BCUT2D eigenvalue weighted by Crippen LogP contribution is 2.25. The normalized spacial score (nSPS) is 14.6. The average molecular weight is 281 g/mol. The first-order valence-corrected chi connectivity index (χ1v) is 5.38. The van der Waals surface area contributed by atoms with Crippen molar-refractivity contribution in [2.24, 2.45) is 16.8 Å². The second-order valence-corrected chi connectivity index (χ2v) is 3.80. The molecule has 0 amide bonds. The van der Waals surface area contributed by atoms with Gasteiger partial charge in [-0.25, -0.2) is 0 Å². The van der Waals surface area contributed by atoms with Crippen LogP contribution in [0.5, 0.6) is 0 Å². The average Bonchev–Trinajstić information content (AvgIpc) is 2.72. The molecule has 0 radical (unpaired) electrons. The van der Waals surface area contributed by atoms with E-state index in [0.717, 1.165) is 0 Å². The minimum Gasteiger partial charge on any atom is -0.409 e. The molecule has 1 aromatic heterocycles. The minimum absolute atomic E-state index is 0.213. The van der Waals surface area contributed by atoms with Crippen molar-refractivity contribution in [1.82, 2.24) is 15.5 Å². The minimum atomic E-state index is -4.58. The highest BCUT2D eigenvalue weighted by atomic mass is 19.4. The topological polar surface area (TPSA) is 110 Å². The van der Waals surface area contributed by atoms with Gasteiger partial charge in [-0.3, -0.25) is 0 Å². The SMILES string of the molecule is Cc1nc(CCNCC(C(N)=NO)C(F)(F)F)no1. The van der Waals surface area contributed by atoms with Gasteiger partial charge in [0, 0.05) is 26.4 Å². The van der Waals surface area contributed by atoms with Gasteiger partial charge >= 0.3 is 6.18 Å². The fraction of sp³-hybridized carbons (Fsp3) is 0.667. The number of amidine groups is 1. The van der Waals surface area contributed by atoms with Crippen LogP contribution < -0.4 is 11.1 Å². The molecule has 1 unspecified atom stereocenters. The van der Waals surface area contributed by atoms with Crippen molar-refractivity contribution in [3.8, 4) is 0 Å². The number of nitrogens with one attached hydrogen (secondary N) is 1. The van der Waals surface area contributed by atoms with Crippen LogP contribution in [0.25, 0.3) is 0 Å². The van der Waals surface area contributed by atoms with Crippen molar-refractivity contribution in [3.63, 3.8) is 0 Å². The predicted octanol–water partition coefficient (Wildman–Crippen LogP) is 0.435. The summed E-state index contributed by atoms with van der Waals surface area (Å²) in [6.45, 7) is 1.34. The van der Waals surface area contributed by atoms with Crippen LogP contribution in [0, 0.1) is 12.8 Å². The lowest BCUT2D eigenvalue weighted by atomic mass is 10.1. The zero-order chi connectivity index (χ0) is 14.5. The Balaban J connectivity index is 2.41. The zero-order valence-corrected chi connectivity index (χ0v) is 10.1. The number of rotatable bonds is 6. The van der Waals surface area contributed by atoms with Crippen LogP contribution >= 0.6 is 0 Å². The highest BCUT2D eigenvalue weighted by molar-refractivity contribution is 5.83. The molecule has 1 rings (SSSR count). The molecule has 19 heavy (non-hydrogen) atoms. The number of oxime groups is 1. The summed E-state index contributed by atoms with van der Waals surface area (Å²) in [5.74, 6) is -2.13. The molecule has 0 aromatic carbocycles. The summed E-state index contributed by atoms with van der Waals surface area (Å²) in [6, 6.07) is 0. The van der Waals surface area contributed by atoms with Gasteiger partial charge in [0.05, 0.1) is 0 Å². The molecule has 0 fully saturated rings. The molecule has 1 aromatic rings. The molecule has 0 saturated heterocycles. The second kappa shape index (κ2) is 6.36. The third-order valence-corrected chi connectivity index (χ3v) is 2.31. The van der Waals surface area contributed by atoms with Crippen molar-refractivity contribution in [3.05, 3.63) is 11.7 Å². The molecule has 108 valence electrons. The lowest BCUT2D eigenvalue weighted by Gasteiger charge is -2.19. The molecule has 4 N–H and O–H groups in total. The predicted molar refractivity (Wildman–Crippen MR) is 58.6 cm³/mol. The monoisotopic (exact) mass is 281 g/mol. The first-order chi connectivity index (χ1) is 8.84. The Labute approximate surface area is 106 Å². The molecule has 0 spiro atoms. The maximum absolute atomic E-state index is 12.6. The van der Waals surface area contributed by atoms with Crippen LogP contribution in [0.3, 0.4) is 0 Å². The van der Waals surface area contributed by atoms with Gasteiger partial charge in [-0.1, -0.05) is 10.3 Å². The molecule has 0 bridgehead atoms. The maximum Gasteiger partial charge on any atom is 0.400 e. The van der Waals surface area contributed by atoms with Crippen LogP contribution in [0.4, 0.5) is 13.2 Å². The van der Waals surface area contributed by atoms with E-state index in [-0.39, 0.29) is 6.54 Å². The fourth-order valence-electron chi connectivity index (χ4n) is 1.35. The number of alkyl halides is 3. The van der Waals surface area contributed by atoms with Crippen LogP contribution in [0.1, 0.15) is 11.7 Å². The molecular formula is C9H14F3N5O2. The first-order valence-electron chi connectivity index (χ1n) is 5.38. The number of aryl methyl sites for hydroxylation is 1. The standard InChI is InChI=1S/C9H14F3N5O2/c1-5-15-7(17-19-5)2-3-14-4-6(8(13)16-18)9(10,11)12/h6,14,18H,2-4H2,1H3,(H2,13,16). The van der Waals surface area contributed by atoms with Crippen molar-refractivity contribution in [1.29, 1.82) is 0 Å². The largest absolute Gasteiger partial charge is 0.409 e. The van der Waals surface area contributed by atoms with E-state index in [1.54, 1.807) is 6.92 Å². The number of halogens is 3. The van der Waals surface area contributed by atoms with Crippen LogP contribution in [0.2, 0.25) is 0 Å². The Morgan fingerprint density at radius 1 is 1.58 bits per heavy atom. The van der Waals surface area contributed by atoms with E-state index in [9.17, 15) is 13.2 Å². The summed E-state index contributed by atoms with van der Waals surface area (Å²) in [5.41, 5.74) is 5.00. The molecule has 1 heterocycles. The van der Waals surface area contributed by atoms with Crippen LogP contribution in [-0.4, -0.2) is 40.4 Å². The van der Waals surface area contributed by atoms with Gasteiger partial charge in [-0.2, -0.15) is 18.2 Å². The summed E-state index contributed by atoms with van der Waals surface area (Å²) in [6.07, 6.45) is -4.26. The summed E-state index contributed by atoms with van der Waals surface area (Å²) in [7, 11) is 0. The van der Waals surface area contributed by atoms with Gasteiger partial charge in [0.2, 0.25) is 5.89 Å². The lowest BCUT2D eigenvalue weighted by molar-refractivity contribution is -0.154. The van der Waals surface area contributed by atoms with Gasteiger partial charge in [0.15, 0.2) is 11.7 Å². The van der Waals surface area contributed by atoms with Crippen LogP contribution in [0.15, 0.2) is 9.68 Å². The molecule has 0 aliphatic carbocycles. The van der Waals surface area contributed by atoms with Crippen molar-refractivity contribution < 1.29 is 22.9 Å². The summed E-state index contributed by atoms with van der Waals surface area (Å²) in [4.78, 5) is 3.90. The highest BCUT2D eigenvalue weighted by Gasteiger charge is 2.42. The molecule has 10 heteroatoms. The van der Waals surface area contributed by atoms with E-state index in [1.165, 1.54) is 0 Å². The third kappa shape index (κ3) is 4.73. The number of aromatic nitrogens is 2. The Kier molecular flexibility index (Phi) is 5.10. The van der Waals surface area contributed by atoms with Gasteiger partial charge in [0.1, 0.15) is 5.92 Å². The molecule has 0 aliphatic rings. The Hall–Kier alpha value is -1.84. The molecular weight excluding hydrogens is 267 g/mol. The quantitative estimate of drug-likeness (QED) is 0.229. The van der Waals surface area contributed by atoms with Gasteiger partial charge in [-0.05, 0) is 0 Å². The van der Waals surface area contributed by atoms with Crippen LogP contribution in [-0.2, 0) is 6.42 Å².